The Morgan fingerprint density at radius 1 is 1.33 bits per heavy atom. The molecule has 3 heterocycles. The van der Waals surface area contributed by atoms with E-state index in [1.165, 1.54) is 0 Å². The highest BCUT2D eigenvalue weighted by Crippen LogP contribution is 2.24. The van der Waals surface area contributed by atoms with E-state index >= 15 is 0 Å². The minimum absolute atomic E-state index is 0. The zero-order chi connectivity index (χ0) is 16.6. The van der Waals surface area contributed by atoms with Crippen LogP contribution in [0.25, 0.3) is 0 Å². The van der Waals surface area contributed by atoms with Gasteiger partial charge in [0.1, 0.15) is 0 Å². The fraction of sp³-hybridized carbons (Fsp3) is 0.600. The number of carbonyl (C=O) groups is 1. The SMILES string of the molecule is CC(N)C1CCN(C(=O)C2=CC=CN3CCS(=O)(=O)N=C23)CC1.Cl. The van der Waals surface area contributed by atoms with Gasteiger partial charge in [-0.15, -0.1) is 16.8 Å². The molecule has 2 N–H and O–H groups in total. The third kappa shape index (κ3) is 3.81. The fourth-order valence-electron chi connectivity index (χ4n) is 3.18. The first-order chi connectivity index (χ1) is 10.9. The standard InChI is InChI=1S/C15H22N4O3S.ClH/c1-11(16)12-4-7-19(8-5-12)15(20)13-3-2-6-18-9-10-23(21,22)17-14(13)18;/h2-3,6,11-12H,4-5,7-10,16H2,1H3;1H. The van der Waals surface area contributed by atoms with E-state index in [-0.39, 0.29) is 35.9 Å². The Morgan fingerprint density at radius 3 is 2.62 bits per heavy atom. The lowest BCUT2D eigenvalue weighted by molar-refractivity contribution is -0.128. The predicted molar refractivity (Wildman–Crippen MR) is 95.4 cm³/mol. The van der Waals surface area contributed by atoms with Crippen molar-refractivity contribution >= 4 is 34.2 Å². The molecule has 9 heteroatoms. The number of hydrogen-bond acceptors (Lipinski definition) is 5. The molecule has 1 saturated heterocycles. The average molecular weight is 375 g/mol. The summed E-state index contributed by atoms with van der Waals surface area (Å²) in [5.74, 6) is 0.502. The van der Waals surface area contributed by atoms with Gasteiger partial charge in [0, 0.05) is 31.9 Å². The van der Waals surface area contributed by atoms with Crippen molar-refractivity contribution in [3.05, 3.63) is 23.9 Å². The Balaban J connectivity index is 0.00000208. The first-order valence-corrected chi connectivity index (χ1v) is 9.51. The lowest BCUT2D eigenvalue weighted by Gasteiger charge is -2.36. The van der Waals surface area contributed by atoms with Crippen LogP contribution in [0.1, 0.15) is 19.8 Å². The number of hydrogen-bond donors (Lipinski definition) is 1. The van der Waals surface area contributed by atoms with Gasteiger partial charge in [0.25, 0.3) is 15.9 Å². The van der Waals surface area contributed by atoms with Gasteiger partial charge < -0.3 is 15.5 Å². The molecular weight excluding hydrogens is 352 g/mol. The smallest absolute Gasteiger partial charge is 0.257 e. The van der Waals surface area contributed by atoms with Crippen molar-refractivity contribution in [2.24, 2.45) is 16.0 Å². The van der Waals surface area contributed by atoms with Crippen LogP contribution in [-0.4, -0.2) is 61.4 Å². The van der Waals surface area contributed by atoms with E-state index in [9.17, 15) is 13.2 Å². The van der Waals surface area contributed by atoms with Gasteiger partial charge in [-0.25, -0.2) is 8.42 Å². The number of carbonyl (C=O) groups excluding carboxylic acids is 1. The summed E-state index contributed by atoms with van der Waals surface area (Å²) in [5.41, 5.74) is 6.29. The highest BCUT2D eigenvalue weighted by Gasteiger charge is 2.33. The van der Waals surface area contributed by atoms with Crippen LogP contribution in [0.2, 0.25) is 0 Å². The molecule has 1 unspecified atom stereocenters. The van der Waals surface area contributed by atoms with Crippen molar-refractivity contribution < 1.29 is 13.2 Å². The molecule has 0 radical (unpaired) electrons. The Kier molecular flexibility index (Phi) is 5.72. The molecule has 0 aromatic carbocycles. The molecule has 24 heavy (non-hydrogen) atoms. The van der Waals surface area contributed by atoms with E-state index in [4.69, 9.17) is 5.73 Å². The first-order valence-electron chi connectivity index (χ1n) is 7.90. The fourth-order valence-corrected chi connectivity index (χ4v) is 4.17. The molecule has 3 aliphatic rings. The number of rotatable bonds is 2. The van der Waals surface area contributed by atoms with Crippen molar-refractivity contribution in [2.45, 2.75) is 25.8 Å². The molecule has 0 bridgehead atoms. The Bertz CT molecular complexity index is 692. The molecule has 1 fully saturated rings. The van der Waals surface area contributed by atoms with Crippen LogP contribution >= 0.6 is 12.4 Å². The van der Waals surface area contributed by atoms with Crippen LogP contribution in [-0.2, 0) is 14.8 Å². The first kappa shape index (κ1) is 19.0. The van der Waals surface area contributed by atoms with Gasteiger partial charge in [0.2, 0.25) is 0 Å². The molecule has 0 aliphatic carbocycles. The minimum Gasteiger partial charge on any atom is -0.339 e. The summed E-state index contributed by atoms with van der Waals surface area (Å²) in [7, 11) is -3.49. The summed E-state index contributed by atoms with van der Waals surface area (Å²) >= 11 is 0. The highest BCUT2D eigenvalue weighted by molar-refractivity contribution is 7.90. The van der Waals surface area contributed by atoms with Crippen LogP contribution in [0.5, 0.6) is 0 Å². The number of halogens is 1. The second-order valence-electron chi connectivity index (χ2n) is 6.30. The zero-order valence-electron chi connectivity index (χ0n) is 13.6. The van der Waals surface area contributed by atoms with E-state index in [1.54, 1.807) is 28.2 Å². The molecule has 1 amide bonds. The number of allylic oxidation sites excluding steroid dienone is 2. The maximum Gasteiger partial charge on any atom is 0.257 e. The van der Waals surface area contributed by atoms with E-state index in [1.807, 2.05) is 6.92 Å². The zero-order valence-corrected chi connectivity index (χ0v) is 15.2. The summed E-state index contributed by atoms with van der Waals surface area (Å²) in [5, 5.41) is 0. The van der Waals surface area contributed by atoms with Crippen LogP contribution in [0.3, 0.4) is 0 Å². The molecule has 3 aliphatic heterocycles. The van der Waals surface area contributed by atoms with Gasteiger partial charge in [0.05, 0.1) is 11.3 Å². The van der Waals surface area contributed by atoms with Crippen molar-refractivity contribution in [1.29, 1.82) is 0 Å². The van der Waals surface area contributed by atoms with Crippen molar-refractivity contribution in [2.75, 3.05) is 25.4 Å². The summed E-state index contributed by atoms with van der Waals surface area (Å²) in [6, 6.07) is 0.132. The van der Waals surface area contributed by atoms with E-state index in [0.29, 0.717) is 31.1 Å². The average Bonchev–Trinajstić information content (AvgIpc) is 2.53. The molecule has 0 spiro atoms. The van der Waals surface area contributed by atoms with Crippen LogP contribution in [0.4, 0.5) is 0 Å². The van der Waals surface area contributed by atoms with E-state index in [2.05, 4.69) is 4.40 Å². The Hall–Kier alpha value is -1.38. The molecule has 0 aromatic heterocycles. The normalized spacial score (nSPS) is 24.4. The number of piperidine rings is 1. The maximum atomic E-state index is 12.8. The second kappa shape index (κ2) is 7.25. The molecular formula is C15H23ClN4O3S. The lowest BCUT2D eigenvalue weighted by Crippen LogP contribution is -2.47. The largest absolute Gasteiger partial charge is 0.339 e. The van der Waals surface area contributed by atoms with Gasteiger partial charge in [-0.3, -0.25) is 4.79 Å². The maximum absolute atomic E-state index is 12.8. The molecule has 7 nitrogen and oxygen atoms in total. The molecule has 134 valence electrons. The van der Waals surface area contributed by atoms with Gasteiger partial charge in [0.15, 0.2) is 5.84 Å². The quantitative estimate of drug-likeness (QED) is 0.758. The molecule has 0 aromatic rings. The lowest BCUT2D eigenvalue weighted by atomic mass is 9.90. The summed E-state index contributed by atoms with van der Waals surface area (Å²) in [4.78, 5) is 16.3. The van der Waals surface area contributed by atoms with Crippen LogP contribution < -0.4 is 5.73 Å². The monoisotopic (exact) mass is 374 g/mol. The number of fused-ring (bicyclic) bond motifs is 1. The van der Waals surface area contributed by atoms with Crippen molar-refractivity contribution in [3.63, 3.8) is 0 Å². The summed E-state index contributed by atoms with van der Waals surface area (Å²) in [6.07, 6.45) is 6.92. The second-order valence-corrected chi connectivity index (χ2v) is 8.06. The third-order valence-corrected chi connectivity index (χ3v) is 5.81. The third-order valence-electron chi connectivity index (χ3n) is 4.66. The highest BCUT2D eigenvalue weighted by atomic mass is 35.5. The van der Waals surface area contributed by atoms with Gasteiger partial charge in [-0.2, -0.15) is 0 Å². The summed E-state index contributed by atoms with van der Waals surface area (Å²) in [6.45, 7) is 3.61. The molecule has 3 rings (SSSR count). The van der Waals surface area contributed by atoms with E-state index < -0.39 is 10.0 Å². The van der Waals surface area contributed by atoms with Crippen molar-refractivity contribution in [1.82, 2.24) is 9.80 Å². The number of amidine groups is 1. The predicted octanol–water partition coefficient (Wildman–Crippen LogP) is 0.492. The Morgan fingerprint density at radius 2 is 2.00 bits per heavy atom. The van der Waals surface area contributed by atoms with Crippen LogP contribution in [0.15, 0.2) is 28.3 Å². The van der Waals surface area contributed by atoms with Gasteiger partial charge in [-0.05, 0) is 37.8 Å². The number of sulfonamides is 1. The van der Waals surface area contributed by atoms with Gasteiger partial charge >= 0.3 is 0 Å². The number of nitrogens with two attached hydrogens (primary N) is 1. The topological polar surface area (TPSA) is 96.1 Å². The van der Waals surface area contributed by atoms with Crippen LogP contribution in [0, 0.1) is 5.92 Å². The van der Waals surface area contributed by atoms with Gasteiger partial charge in [-0.1, -0.05) is 0 Å². The number of nitrogens with zero attached hydrogens (tertiary/aromatic N) is 3. The Labute approximate surface area is 148 Å². The summed E-state index contributed by atoms with van der Waals surface area (Å²) < 4.78 is 27.3. The van der Waals surface area contributed by atoms with Crippen molar-refractivity contribution in [3.8, 4) is 0 Å². The molecule has 0 saturated carbocycles. The van der Waals surface area contributed by atoms with E-state index in [0.717, 1.165) is 12.8 Å². The molecule has 1 atom stereocenters. The minimum atomic E-state index is -3.49. The number of amides is 1. The number of likely N-dealkylation sites (tertiary alicyclic amines) is 1.